The third-order valence-corrected chi connectivity index (χ3v) is 5.50. The number of nitrogens with one attached hydrogen (secondary N) is 1. The van der Waals surface area contributed by atoms with E-state index in [9.17, 15) is 4.79 Å². The zero-order chi connectivity index (χ0) is 20.3. The summed E-state index contributed by atoms with van der Waals surface area (Å²) in [5.74, 6) is 6.72. The first-order chi connectivity index (χ1) is 13.4. The Morgan fingerprint density at radius 2 is 1.93 bits per heavy atom. The van der Waals surface area contributed by atoms with Crippen LogP contribution in [-0.4, -0.2) is 42.4 Å². The summed E-state index contributed by atoms with van der Waals surface area (Å²) in [6.45, 7) is 8.31. The van der Waals surface area contributed by atoms with Crippen LogP contribution in [0.4, 0.5) is 0 Å². The fourth-order valence-electron chi connectivity index (χ4n) is 2.83. The second-order valence-electron chi connectivity index (χ2n) is 6.81. The molecule has 0 aliphatic rings. The Kier molecular flexibility index (Phi) is 6.03. The molecule has 2 atom stereocenters. The number of carbonyl (C=O) groups is 1. The minimum absolute atomic E-state index is 0.0663. The van der Waals surface area contributed by atoms with Crippen LogP contribution >= 0.6 is 11.8 Å². The van der Waals surface area contributed by atoms with Crippen LogP contribution in [0, 0.1) is 13.8 Å². The zero-order valence-corrected chi connectivity index (χ0v) is 17.3. The van der Waals surface area contributed by atoms with Crippen molar-refractivity contribution in [1.29, 1.82) is 0 Å². The van der Waals surface area contributed by atoms with Crippen molar-refractivity contribution >= 4 is 17.7 Å². The Labute approximate surface area is 168 Å². The molecular weight excluding hydrogens is 374 g/mol. The Hall–Kier alpha value is -2.81. The van der Waals surface area contributed by atoms with Gasteiger partial charge in [0.05, 0.1) is 10.9 Å². The van der Waals surface area contributed by atoms with E-state index in [4.69, 9.17) is 5.84 Å². The molecule has 3 rings (SSSR count). The van der Waals surface area contributed by atoms with Crippen LogP contribution in [0.1, 0.15) is 36.7 Å². The summed E-state index contributed by atoms with van der Waals surface area (Å²) in [5.41, 5.74) is 2.98. The van der Waals surface area contributed by atoms with Gasteiger partial charge in [-0.2, -0.15) is 5.10 Å². The second kappa shape index (κ2) is 8.47. The largest absolute Gasteiger partial charge is 0.355 e. The van der Waals surface area contributed by atoms with Gasteiger partial charge in [-0.3, -0.25) is 4.79 Å². The molecule has 1 amide bonds. The fraction of sp³-hybridized carbons (Fsp3) is 0.368. The number of thioether (sulfide) groups is 1. The standard InChI is InChI=1S/C19H25N7OS/c1-12(16-8-6-5-7-9-16)11-21-17(27)15(4)28-19-23-22-18(25(19)20)26-14(3)10-13(2)24-26/h5-10,12,15H,11,20H2,1-4H3,(H,21,27)/t12-,15+/m0/s1. The zero-order valence-electron chi connectivity index (χ0n) is 16.5. The number of rotatable bonds is 7. The van der Waals surface area contributed by atoms with E-state index >= 15 is 0 Å². The van der Waals surface area contributed by atoms with Gasteiger partial charge in [-0.15, -0.1) is 10.2 Å². The molecule has 0 saturated carbocycles. The average molecular weight is 400 g/mol. The van der Waals surface area contributed by atoms with Crippen molar-refractivity contribution in [3.05, 3.63) is 53.3 Å². The molecule has 2 heterocycles. The molecule has 1 aromatic carbocycles. The summed E-state index contributed by atoms with van der Waals surface area (Å²) < 4.78 is 3.00. The van der Waals surface area contributed by atoms with Crippen molar-refractivity contribution < 1.29 is 4.79 Å². The van der Waals surface area contributed by atoms with Gasteiger partial charge in [0.15, 0.2) is 0 Å². The van der Waals surface area contributed by atoms with Gasteiger partial charge in [0.2, 0.25) is 11.1 Å². The summed E-state index contributed by atoms with van der Waals surface area (Å²) in [5, 5.41) is 15.7. The van der Waals surface area contributed by atoms with E-state index < -0.39 is 0 Å². The molecule has 0 spiro atoms. The molecule has 8 nitrogen and oxygen atoms in total. The summed E-state index contributed by atoms with van der Waals surface area (Å²) in [6, 6.07) is 12.0. The molecule has 9 heteroatoms. The third kappa shape index (κ3) is 4.36. The van der Waals surface area contributed by atoms with Crippen LogP contribution in [0.2, 0.25) is 0 Å². The number of nitrogens with zero attached hydrogens (tertiary/aromatic N) is 5. The highest BCUT2D eigenvalue weighted by Gasteiger charge is 2.21. The highest BCUT2D eigenvalue weighted by atomic mass is 32.2. The number of nitrogen functional groups attached to an aromatic ring is 1. The number of hydrogen-bond acceptors (Lipinski definition) is 6. The highest BCUT2D eigenvalue weighted by molar-refractivity contribution is 8.00. The maximum atomic E-state index is 12.5. The SMILES string of the molecule is Cc1cc(C)n(-c2nnc(S[C@H](C)C(=O)NC[C@H](C)c3ccccc3)n2N)n1. The number of hydrogen-bond donors (Lipinski definition) is 2. The first kappa shape index (κ1) is 19.9. The van der Waals surface area contributed by atoms with E-state index in [1.54, 1.807) is 4.68 Å². The number of carbonyl (C=O) groups excluding carboxylic acids is 1. The Morgan fingerprint density at radius 3 is 2.57 bits per heavy atom. The molecule has 0 saturated heterocycles. The van der Waals surface area contributed by atoms with Gasteiger partial charge in [0.1, 0.15) is 0 Å². The average Bonchev–Trinajstić information content (AvgIpc) is 3.21. The van der Waals surface area contributed by atoms with E-state index in [1.165, 1.54) is 22.0 Å². The molecule has 3 aromatic rings. The van der Waals surface area contributed by atoms with Crippen molar-refractivity contribution in [3.63, 3.8) is 0 Å². The van der Waals surface area contributed by atoms with Crippen molar-refractivity contribution in [2.24, 2.45) is 0 Å². The summed E-state index contributed by atoms with van der Waals surface area (Å²) in [6.07, 6.45) is 0. The van der Waals surface area contributed by atoms with Gasteiger partial charge in [-0.25, -0.2) is 9.36 Å². The predicted molar refractivity (Wildman–Crippen MR) is 110 cm³/mol. The van der Waals surface area contributed by atoms with Crippen LogP contribution in [-0.2, 0) is 4.79 Å². The predicted octanol–water partition coefficient (Wildman–Crippen LogP) is 2.19. The summed E-state index contributed by atoms with van der Waals surface area (Å²) in [4.78, 5) is 12.5. The van der Waals surface area contributed by atoms with Crippen molar-refractivity contribution in [3.8, 4) is 5.95 Å². The Balaban J connectivity index is 1.61. The van der Waals surface area contributed by atoms with Gasteiger partial charge in [0.25, 0.3) is 5.95 Å². The van der Waals surface area contributed by atoms with Crippen LogP contribution in [0.15, 0.2) is 41.6 Å². The van der Waals surface area contributed by atoms with Gasteiger partial charge in [-0.1, -0.05) is 49.0 Å². The number of aromatic nitrogens is 5. The lowest BCUT2D eigenvalue weighted by Gasteiger charge is -2.15. The van der Waals surface area contributed by atoms with Crippen LogP contribution < -0.4 is 11.2 Å². The van der Waals surface area contributed by atoms with E-state index in [-0.39, 0.29) is 17.1 Å². The van der Waals surface area contributed by atoms with Crippen LogP contribution in [0.25, 0.3) is 5.95 Å². The minimum atomic E-state index is -0.359. The lowest BCUT2D eigenvalue weighted by molar-refractivity contribution is -0.120. The first-order valence-corrected chi connectivity index (χ1v) is 9.98. The number of nitrogens with two attached hydrogens (primary N) is 1. The quantitative estimate of drug-likeness (QED) is 0.466. The maximum absolute atomic E-state index is 12.5. The molecule has 0 fully saturated rings. The van der Waals surface area contributed by atoms with E-state index in [0.29, 0.717) is 17.6 Å². The Bertz CT molecular complexity index is 951. The molecule has 0 bridgehead atoms. The summed E-state index contributed by atoms with van der Waals surface area (Å²) >= 11 is 1.27. The molecule has 3 N–H and O–H groups in total. The molecule has 0 unspecified atom stereocenters. The molecule has 0 aliphatic carbocycles. The number of amides is 1. The van der Waals surface area contributed by atoms with E-state index in [0.717, 1.165) is 11.4 Å². The lowest BCUT2D eigenvalue weighted by Crippen LogP contribution is -2.34. The van der Waals surface area contributed by atoms with E-state index in [2.05, 4.69) is 39.7 Å². The topological polar surface area (TPSA) is 104 Å². The van der Waals surface area contributed by atoms with Crippen molar-refractivity contribution in [1.82, 2.24) is 30.0 Å². The molecule has 148 valence electrons. The first-order valence-electron chi connectivity index (χ1n) is 9.10. The van der Waals surface area contributed by atoms with Crippen LogP contribution in [0.5, 0.6) is 0 Å². The molecule has 0 radical (unpaired) electrons. The van der Waals surface area contributed by atoms with Gasteiger partial charge in [0, 0.05) is 12.2 Å². The lowest BCUT2D eigenvalue weighted by atomic mass is 10.0. The van der Waals surface area contributed by atoms with Crippen molar-refractivity contribution in [2.45, 2.75) is 44.0 Å². The molecule has 0 aliphatic heterocycles. The van der Waals surface area contributed by atoms with Gasteiger partial charge >= 0.3 is 0 Å². The number of benzene rings is 1. The summed E-state index contributed by atoms with van der Waals surface area (Å²) in [7, 11) is 0. The molecule has 28 heavy (non-hydrogen) atoms. The highest BCUT2D eigenvalue weighted by Crippen LogP contribution is 2.22. The fourth-order valence-corrected chi connectivity index (χ4v) is 3.62. The van der Waals surface area contributed by atoms with Gasteiger partial charge in [-0.05, 0) is 38.3 Å². The maximum Gasteiger partial charge on any atom is 0.271 e. The smallest absolute Gasteiger partial charge is 0.271 e. The monoisotopic (exact) mass is 399 g/mol. The molecular formula is C19H25N7OS. The van der Waals surface area contributed by atoms with Gasteiger partial charge < -0.3 is 11.2 Å². The second-order valence-corrected chi connectivity index (χ2v) is 8.12. The minimum Gasteiger partial charge on any atom is -0.355 e. The third-order valence-electron chi connectivity index (χ3n) is 4.45. The van der Waals surface area contributed by atoms with Crippen molar-refractivity contribution in [2.75, 3.05) is 12.4 Å². The van der Waals surface area contributed by atoms with E-state index in [1.807, 2.05) is 45.0 Å². The van der Waals surface area contributed by atoms with Crippen LogP contribution in [0.3, 0.4) is 0 Å². The normalized spacial score (nSPS) is 13.3. The number of aryl methyl sites for hydroxylation is 2. The molecule has 2 aromatic heterocycles. The Morgan fingerprint density at radius 1 is 1.21 bits per heavy atom.